The Kier molecular flexibility index (Phi) is 3.61. The highest BCUT2D eigenvalue weighted by Gasteiger charge is 2.18. The number of pyridine rings is 1. The van der Waals surface area contributed by atoms with E-state index in [1.54, 1.807) is 30.6 Å². The van der Waals surface area contributed by atoms with Gasteiger partial charge in [-0.15, -0.1) is 11.3 Å². The summed E-state index contributed by atoms with van der Waals surface area (Å²) in [7, 11) is 0. The van der Waals surface area contributed by atoms with E-state index in [-0.39, 0.29) is 5.91 Å². The van der Waals surface area contributed by atoms with Gasteiger partial charge in [-0.05, 0) is 24.3 Å². The molecule has 3 aromatic rings. The first kappa shape index (κ1) is 13.4. The number of aromatic nitrogens is 1. The molecule has 20 heavy (non-hydrogen) atoms. The van der Waals surface area contributed by atoms with Crippen molar-refractivity contribution in [1.29, 1.82) is 0 Å². The number of benzene rings is 1. The predicted molar refractivity (Wildman–Crippen MR) is 84.0 cm³/mol. The lowest BCUT2D eigenvalue weighted by molar-refractivity contribution is 0.103. The minimum atomic E-state index is -0.251. The van der Waals surface area contributed by atoms with Crippen molar-refractivity contribution in [1.82, 2.24) is 4.98 Å². The van der Waals surface area contributed by atoms with Crippen molar-refractivity contribution in [3.8, 4) is 0 Å². The van der Waals surface area contributed by atoms with E-state index in [0.717, 1.165) is 10.1 Å². The smallest absolute Gasteiger partial charge is 0.267 e. The molecule has 1 amide bonds. The summed E-state index contributed by atoms with van der Waals surface area (Å²) >= 11 is 13.7. The number of hydrogen-bond donors (Lipinski definition) is 1. The standard InChI is InChI=1S/C14H8Cl2N2OS/c15-9-2-1-3-10-11(9)12(16)13(20-10)14(19)18-8-4-6-17-7-5-8/h1-7H,(H,17,18,19). The molecule has 0 bridgehead atoms. The molecule has 0 aliphatic carbocycles. The zero-order valence-electron chi connectivity index (χ0n) is 10.1. The Bertz CT molecular complexity index is 786. The second-order valence-corrected chi connectivity index (χ2v) is 5.89. The van der Waals surface area contributed by atoms with E-state index in [2.05, 4.69) is 10.3 Å². The molecule has 1 aromatic carbocycles. The van der Waals surface area contributed by atoms with Crippen LogP contribution in [0, 0.1) is 0 Å². The summed E-state index contributed by atoms with van der Waals surface area (Å²) in [4.78, 5) is 16.6. The number of anilines is 1. The number of thiophene rings is 1. The number of hydrogen-bond acceptors (Lipinski definition) is 3. The molecule has 2 aromatic heterocycles. The molecule has 0 saturated heterocycles. The molecule has 0 atom stereocenters. The van der Waals surface area contributed by atoms with Crippen LogP contribution < -0.4 is 5.32 Å². The Morgan fingerprint density at radius 3 is 2.60 bits per heavy atom. The van der Waals surface area contributed by atoms with Gasteiger partial charge in [0.15, 0.2) is 0 Å². The average Bonchev–Trinajstić information content (AvgIpc) is 2.79. The Labute approximate surface area is 129 Å². The molecule has 0 saturated carbocycles. The molecule has 0 aliphatic rings. The van der Waals surface area contributed by atoms with E-state index in [1.807, 2.05) is 12.1 Å². The normalized spacial score (nSPS) is 10.7. The van der Waals surface area contributed by atoms with Gasteiger partial charge in [-0.3, -0.25) is 9.78 Å². The van der Waals surface area contributed by atoms with Gasteiger partial charge in [-0.25, -0.2) is 0 Å². The van der Waals surface area contributed by atoms with Crippen LogP contribution in [0.15, 0.2) is 42.7 Å². The van der Waals surface area contributed by atoms with E-state index in [0.29, 0.717) is 20.6 Å². The van der Waals surface area contributed by atoms with Gasteiger partial charge in [-0.2, -0.15) is 0 Å². The number of nitrogens with one attached hydrogen (secondary N) is 1. The van der Waals surface area contributed by atoms with E-state index in [9.17, 15) is 4.79 Å². The van der Waals surface area contributed by atoms with Crippen molar-refractivity contribution in [2.75, 3.05) is 5.32 Å². The Morgan fingerprint density at radius 1 is 1.15 bits per heavy atom. The maximum Gasteiger partial charge on any atom is 0.267 e. The fourth-order valence-corrected chi connectivity index (χ4v) is 3.69. The van der Waals surface area contributed by atoms with Gasteiger partial charge in [0.1, 0.15) is 4.88 Å². The summed E-state index contributed by atoms with van der Waals surface area (Å²) in [6.07, 6.45) is 3.22. The van der Waals surface area contributed by atoms with Crippen molar-refractivity contribution in [2.45, 2.75) is 0 Å². The molecule has 0 fully saturated rings. The highest BCUT2D eigenvalue weighted by molar-refractivity contribution is 7.21. The van der Waals surface area contributed by atoms with Crippen molar-refractivity contribution >= 4 is 56.2 Å². The first-order chi connectivity index (χ1) is 9.66. The van der Waals surface area contributed by atoms with Gasteiger partial charge in [0, 0.05) is 28.2 Å². The lowest BCUT2D eigenvalue weighted by Crippen LogP contribution is -2.10. The largest absolute Gasteiger partial charge is 0.321 e. The second kappa shape index (κ2) is 5.40. The van der Waals surface area contributed by atoms with Crippen molar-refractivity contribution in [3.05, 3.63) is 57.6 Å². The van der Waals surface area contributed by atoms with Gasteiger partial charge in [0.05, 0.1) is 10.0 Å². The Balaban J connectivity index is 2.00. The Morgan fingerprint density at radius 2 is 1.90 bits per heavy atom. The highest BCUT2D eigenvalue weighted by Crippen LogP contribution is 2.39. The predicted octanol–water partition coefficient (Wildman–Crippen LogP) is 4.86. The third kappa shape index (κ3) is 2.38. The summed E-state index contributed by atoms with van der Waals surface area (Å²) < 4.78 is 0.891. The van der Waals surface area contributed by atoms with Gasteiger partial charge >= 0.3 is 0 Å². The number of carbonyl (C=O) groups excluding carboxylic acids is 1. The van der Waals surface area contributed by atoms with Crippen LogP contribution in [0.1, 0.15) is 9.67 Å². The average molecular weight is 323 g/mol. The van der Waals surface area contributed by atoms with Crippen LogP contribution in [0.5, 0.6) is 0 Å². The van der Waals surface area contributed by atoms with Crippen LogP contribution in [-0.2, 0) is 0 Å². The molecule has 6 heteroatoms. The number of carbonyl (C=O) groups is 1. The number of nitrogens with zero attached hydrogens (tertiary/aromatic N) is 1. The maximum atomic E-state index is 12.3. The first-order valence-corrected chi connectivity index (χ1v) is 7.32. The van der Waals surface area contributed by atoms with Crippen LogP contribution in [0.4, 0.5) is 5.69 Å². The Hall–Kier alpha value is -1.62. The molecule has 0 spiro atoms. The second-order valence-electron chi connectivity index (χ2n) is 4.05. The molecule has 2 heterocycles. The molecule has 0 aliphatic heterocycles. The van der Waals surface area contributed by atoms with Crippen LogP contribution in [0.2, 0.25) is 10.0 Å². The lowest BCUT2D eigenvalue weighted by Gasteiger charge is -2.02. The molecular weight excluding hydrogens is 315 g/mol. The number of rotatable bonds is 2. The van der Waals surface area contributed by atoms with Gasteiger partial charge < -0.3 is 5.32 Å². The van der Waals surface area contributed by atoms with Crippen molar-refractivity contribution in [2.24, 2.45) is 0 Å². The minimum absolute atomic E-state index is 0.251. The van der Waals surface area contributed by atoms with Crippen molar-refractivity contribution in [3.63, 3.8) is 0 Å². The van der Waals surface area contributed by atoms with Crippen LogP contribution in [-0.4, -0.2) is 10.9 Å². The molecule has 3 rings (SSSR count). The SMILES string of the molecule is O=C(Nc1ccncc1)c1sc2cccc(Cl)c2c1Cl. The van der Waals surface area contributed by atoms with E-state index in [1.165, 1.54) is 11.3 Å². The van der Waals surface area contributed by atoms with E-state index >= 15 is 0 Å². The minimum Gasteiger partial charge on any atom is -0.321 e. The molecule has 0 unspecified atom stereocenters. The zero-order valence-corrected chi connectivity index (χ0v) is 12.4. The maximum absolute atomic E-state index is 12.3. The number of halogens is 2. The molecular formula is C14H8Cl2N2OS. The van der Waals surface area contributed by atoms with Crippen LogP contribution >= 0.6 is 34.5 Å². The first-order valence-electron chi connectivity index (χ1n) is 5.74. The topological polar surface area (TPSA) is 42.0 Å². The summed E-state index contributed by atoms with van der Waals surface area (Å²) in [5, 5.41) is 4.45. The monoisotopic (exact) mass is 322 g/mol. The summed E-state index contributed by atoms with van der Waals surface area (Å²) in [5.41, 5.74) is 0.671. The fraction of sp³-hybridized carbons (Fsp3) is 0. The third-order valence-electron chi connectivity index (χ3n) is 2.75. The van der Waals surface area contributed by atoms with Crippen molar-refractivity contribution < 1.29 is 4.79 Å². The van der Waals surface area contributed by atoms with E-state index in [4.69, 9.17) is 23.2 Å². The fourth-order valence-electron chi connectivity index (χ4n) is 1.84. The number of fused-ring (bicyclic) bond motifs is 1. The highest BCUT2D eigenvalue weighted by atomic mass is 35.5. The van der Waals surface area contributed by atoms with Gasteiger partial charge in [0.25, 0.3) is 5.91 Å². The third-order valence-corrected chi connectivity index (χ3v) is 4.71. The quantitative estimate of drug-likeness (QED) is 0.732. The molecule has 3 nitrogen and oxygen atoms in total. The summed E-state index contributed by atoms with van der Waals surface area (Å²) in [6, 6.07) is 8.91. The van der Waals surface area contributed by atoms with E-state index < -0.39 is 0 Å². The van der Waals surface area contributed by atoms with Gasteiger partial charge in [-0.1, -0.05) is 29.3 Å². The van der Waals surface area contributed by atoms with Crippen LogP contribution in [0.25, 0.3) is 10.1 Å². The molecule has 1 N–H and O–H groups in total. The lowest BCUT2D eigenvalue weighted by atomic mass is 10.2. The number of amides is 1. The molecule has 0 radical (unpaired) electrons. The van der Waals surface area contributed by atoms with Gasteiger partial charge in [0.2, 0.25) is 0 Å². The zero-order chi connectivity index (χ0) is 14.1. The molecule has 100 valence electrons. The van der Waals surface area contributed by atoms with Crippen LogP contribution in [0.3, 0.4) is 0 Å². The summed E-state index contributed by atoms with van der Waals surface area (Å²) in [5.74, 6) is -0.251. The summed E-state index contributed by atoms with van der Waals surface area (Å²) in [6.45, 7) is 0.